The molecule has 3 aromatic rings. The largest absolute Gasteiger partial charge is 0.396 e. The van der Waals surface area contributed by atoms with E-state index in [-0.39, 0.29) is 0 Å². The summed E-state index contributed by atoms with van der Waals surface area (Å²) >= 11 is 1.57. The van der Waals surface area contributed by atoms with Crippen molar-refractivity contribution in [2.24, 2.45) is 0 Å². The van der Waals surface area contributed by atoms with Crippen LogP contribution in [0.1, 0.15) is 5.01 Å². The number of hydrogen-bond donors (Lipinski definition) is 1. The highest BCUT2D eigenvalue weighted by Crippen LogP contribution is 2.24. The summed E-state index contributed by atoms with van der Waals surface area (Å²) in [6.45, 7) is 0. The van der Waals surface area contributed by atoms with E-state index in [4.69, 9.17) is 5.73 Å². The van der Waals surface area contributed by atoms with Crippen LogP contribution in [-0.2, 0) is 16.6 Å². The molecule has 6 heteroatoms. The number of rotatable bonds is 3. The minimum atomic E-state index is -1.19. The van der Waals surface area contributed by atoms with Gasteiger partial charge in [0.1, 0.15) is 5.01 Å². The van der Waals surface area contributed by atoms with Gasteiger partial charge in [-0.25, -0.2) is 4.98 Å². The molecule has 2 aromatic heterocycles. The fourth-order valence-electron chi connectivity index (χ4n) is 1.77. The van der Waals surface area contributed by atoms with Gasteiger partial charge >= 0.3 is 0 Å². The molecule has 3 rings (SSSR count). The van der Waals surface area contributed by atoms with Gasteiger partial charge in [0.15, 0.2) is 0 Å². The van der Waals surface area contributed by atoms with E-state index in [1.54, 1.807) is 23.6 Å². The molecule has 0 spiro atoms. The summed E-state index contributed by atoms with van der Waals surface area (Å²) < 4.78 is 13.4. The van der Waals surface area contributed by atoms with Crippen LogP contribution >= 0.6 is 11.3 Å². The first-order valence-electron chi connectivity index (χ1n) is 5.66. The molecule has 96 valence electrons. The van der Waals surface area contributed by atoms with Crippen LogP contribution in [-0.4, -0.2) is 14.2 Å². The lowest BCUT2D eigenvalue weighted by molar-refractivity contribution is 0.682. The van der Waals surface area contributed by atoms with Crippen molar-refractivity contribution in [2.45, 2.75) is 10.6 Å². The first-order chi connectivity index (χ1) is 9.24. The third-order valence-corrected chi connectivity index (χ3v) is 5.27. The molecule has 19 heavy (non-hydrogen) atoms. The standard InChI is InChI=1S/C13H11N3OS2/c14-9-7-15-6-5-12(9)19(17)8-13-16-10-3-1-2-4-11(10)18-13/h1-7H,8,14H2. The van der Waals surface area contributed by atoms with E-state index in [0.717, 1.165) is 15.2 Å². The van der Waals surface area contributed by atoms with Gasteiger partial charge in [-0.3, -0.25) is 9.19 Å². The van der Waals surface area contributed by atoms with Crippen molar-refractivity contribution in [3.63, 3.8) is 0 Å². The Morgan fingerprint density at radius 2 is 2.11 bits per heavy atom. The van der Waals surface area contributed by atoms with Gasteiger partial charge in [-0.1, -0.05) is 12.1 Å². The zero-order chi connectivity index (χ0) is 13.2. The molecule has 0 saturated carbocycles. The molecule has 0 aliphatic rings. The number of nitrogens with two attached hydrogens (primary N) is 1. The van der Waals surface area contributed by atoms with Gasteiger partial charge in [-0.05, 0) is 18.2 Å². The van der Waals surface area contributed by atoms with E-state index in [2.05, 4.69) is 9.97 Å². The van der Waals surface area contributed by atoms with Crippen molar-refractivity contribution in [1.82, 2.24) is 9.97 Å². The molecule has 1 unspecified atom stereocenters. The monoisotopic (exact) mass is 289 g/mol. The lowest BCUT2D eigenvalue weighted by Crippen LogP contribution is -2.01. The normalized spacial score (nSPS) is 12.6. The number of nitrogen functional groups attached to an aromatic ring is 1. The quantitative estimate of drug-likeness (QED) is 0.804. The van der Waals surface area contributed by atoms with E-state index >= 15 is 0 Å². The third-order valence-electron chi connectivity index (χ3n) is 2.65. The molecule has 0 amide bonds. The second kappa shape index (κ2) is 5.07. The number of hydrogen-bond acceptors (Lipinski definition) is 5. The van der Waals surface area contributed by atoms with Gasteiger partial charge in [-0.2, -0.15) is 0 Å². The summed E-state index contributed by atoms with van der Waals surface area (Å²) in [5, 5.41) is 0.857. The van der Waals surface area contributed by atoms with Crippen LogP contribution in [0.5, 0.6) is 0 Å². The van der Waals surface area contributed by atoms with Crippen LogP contribution in [0, 0.1) is 0 Å². The third kappa shape index (κ3) is 2.50. The Bertz CT molecular complexity index is 721. The van der Waals surface area contributed by atoms with Crippen molar-refractivity contribution in [3.05, 3.63) is 47.7 Å². The number of para-hydroxylation sites is 1. The molecule has 2 heterocycles. The summed E-state index contributed by atoms with van der Waals surface area (Å²) in [4.78, 5) is 8.99. The highest BCUT2D eigenvalue weighted by molar-refractivity contribution is 7.84. The highest BCUT2D eigenvalue weighted by atomic mass is 32.2. The average Bonchev–Trinajstić information content (AvgIpc) is 2.81. The Morgan fingerprint density at radius 3 is 2.89 bits per heavy atom. The number of pyridine rings is 1. The summed E-state index contributed by atoms with van der Waals surface area (Å²) in [6, 6.07) is 9.59. The number of aromatic nitrogens is 2. The number of fused-ring (bicyclic) bond motifs is 1. The van der Waals surface area contributed by atoms with E-state index < -0.39 is 10.8 Å². The Hall–Kier alpha value is -1.79. The lowest BCUT2D eigenvalue weighted by Gasteiger charge is -2.02. The van der Waals surface area contributed by atoms with Crippen molar-refractivity contribution in [3.8, 4) is 0 Å². The topological polar surface area (TPSA) is 68.9 Å². The molecule has 1 atom stereocenters. The molecule has 2 N–H and O–H groups in total. The van der Waals surface area contributed by atoms with Crippen molar-refractivity contribution in [2.75, 3.05) is 5.73 Å². The Labute approximate surface area is 116 Å². The molecule has 0 fully saturated rings. The zero-order valence-electron chi connectivity index (χ0n) is 9.95. The van der Waals surface area contributed by atoms with Crippen molar-refractivity contribution >= 4 is 38.0 Å². The lowest BCUT2D eigenvalue weighted by atomic mass is 10.3. The molecule has 0 aliphatic heterocycles. The zero-order valence-corrected chi connectivity index (χ0v) is 11.6. The molecular formula is C13H11N3OS2. The van der Waals surface area contributed by atoms with Gasteiger partial charge in [0.25, 0.3) is 0 Å². The van der Waals surface area contributed by atoms with Gasteiger partial charge in [0.2, 0.25) is 0 Å². The maximum atomic E-state index is 12.3. The first kappa shape index (κ1) is 12.3. The van der Waals surface area contributed by atoms with E-state index in [1.165, 1.54) is 6.20 Å². The smallest absolute Gasteiger partial charge is 0.107 e. The summed E-state index contributed by atoms with van der Waals surface area (Å²) in [7, 11) is -1.19. The average molecular weight is 289 g/mol. The van der Waals surface area contributed by atoms with Crippen LogP contribution in [0.25, 0.3) is 10.2 Å². The van der Waals surface area contributed by atoms with E-state index in [0.29, 0.717) is 16.3 Å². The molecular weight excluding hydrogens is 278 g/mol. The van der Waals surface area contributed by atoms with E-state index in [9.17, 15) is 4.21 Å². The van der Waals surface area contributed by atoms with Crippen LogP contribution in [0.4, 0.5) is 5.69 Å². The Morgan fingerprint density at radius 1 is 1.26 bits per heavy atom. The Kier molecular flexibility index (Phi) is 3.27. The molecule has 0 aliphatic carbocycles. The van der Waals surface area contributed by atoms with Crippen LogP contribution < -0.4 is 5.73 Å². The van der Waals surface area contributed by atoms with Crippen molar-refractivity contribution in [1.29, 1.82) is 0 Å². The fourth-order valence-corrected chi connectivity index (χ4v) is 4.06. The highest BCUT2D eigenvalue weighted by Gasteiger charge is 2.11. The van der Waals surface area contributed by atoms with Gasteiger partial charge in [0.05, 0.1) is 43.5 Å². The molecule has 0 saturated heterocycles. The predicted octanol–water partition coefficient (Wildman–Crippen LogP) is 2.58. The summed E-state index contributed by atoms with van der Waals surface area (Å²) in [5.41, 5.74) is 7.18. The number of nitrogens with zero attached hydrogens (tertiary/aromatic N) is 2. The summed E-state index contributed by atoms with van der Waals surface area (Å²) in [6.07, 6.45) is 3.12. The second-order valence-corrected chi connectivity index (χ2v) is 6.51. The Balaban J connectivity index is 1.89. The van der Waals surface area contributed by atoms with E-state index in [1.807, 2.05) is 24.3 Å². The number of benzene rings is 1. The second-order valence-electron chi connectivity index (χ2n) is 3.98. The SMILES string of the molecule is Nc1cnccc1S(=O)Cc1nc2ccccc2s1. The van der Waals surface area contributed by atoms with Crippen LogP contribution in [0.3, 0.4) is 0 Å². The van der Waals surface area contributed by atoms with Gasteiger partial charge in [0, 0.05) is 6.20 Å². The van der Waals surface area contributed by atoms with Gasteiger partial charge in [-0.15, -0.1) is 11.3 Å². The van der Waals surface area contributed by atoms with Gasteiger partial charge < -0.3 is 5.73 Å². The predicted molar refractivity (Wildman–Crippen MR) is 78.4 cm³/mol. The number of thiazole rings is 1. The van der Waals surface area contributed by atoms with Crippen LogP contribution in [0.15, 0.2) is 47.6 Å². The minimum absolute atomic E-state index is 0.383. The summed E-state index contributed by atoms with van der Waals surface area (Å²) in [5.74, 6) is 0.383. The number of anilines is 1. The van der Waals surface area contributed by atoms with Crippen molar-refractivity contribution < 1.29 is 4.21 Å². The first-order valence-corrected chi connectivity index (χ1v) is 7.80. The molecule has 1 aromatic carbocycles. The fraction of sp³-hybridized carbons (Fsp3) is 0.0769. The minimum Gasteiger partial charge on any atom is -0.396 e. The maximum Gasteiger partial charge on any atom is 0.107 e. The molecule has 4 nitrogen and oxygen atoms in total. The molecule has 0 radical (unpaired) electrons. The molecule has 0 bridgehead atoms. The maximum absolute atomic E-state index is 12.3. The van der Waals surface area contributed by atoms with Crippen LogP contribution in [0.2, 0.25) is 0 Å².